The SMILES string of the molecule is CCC(Nc1nc(Cl)nc2c1ccn2[C@@H]1O[C@H](COOP(C)(=O)O)[C@@H](O)[C@H]1O)c1ccccc1. The number of halogens is 1. The number of aliphatic hydroxyl groups excluding tert-OH is 2. The highest BCUT2D eigenvalue weighted by atomic mass is 35.5. The third kappa shape index (κ3) is 5.42. The van der Waals surface area contributed by atoms with Crippen LogP contribution in [-0.2, 0) is 18.9 Å². The van der Waals surface area contributed by atoms with Gasteiger partial charge in [-0.05, 0) is 29.7 Å². The third-order valence-electron chi connectivity index (χ3n) is 5.50. The van der Waals surface area contributed by atoms with Crippen LogP contribution in [0.2, 0.25) is 5.28 Å². The second-order valence-corrected chi connectivity index (χ2v) is 10.1. The molecule has 1 saturated heterocycles. The summed E-state index contributed by atoms with van der Waals surface area (Å²) in [7, 11) is -3.87. The van der Waals surface area contributed by atoms with E-state index in [4.69, 9.17) is 26.1 Å². The highest BCUT2D eigenvalue weighted by Crippen LogP contribution is 2.38. The number of ether oxygens (including phenoxy) is 1. The Morgan fingerprint density at radius 2 is 1.97 bits per heavy atom. The molecule has 4 N–H and O–H groups in total. The van der Waals surface area contributed by atoms with E-state index < -0.39 is 32.1 Å². The lowest BCUT2D eigenvalue weighted by atomic mass is 10.0. The summed E-state index contributed by atoms with van der Waals surface area (Å²) in [6, 6.07) is 11.7. The number of aromatic nitrogens is 3. The second-order valence-electron chi connectivity index (χ2n) is 8.03. The number of nitrogens with zero attached hydrogens (tertiary/aromatic N) is 3. The van der Waals surface area contributed by atoms with Crippen molar-refractivity contribution in [2.24, 2.45) is 0 Å². The van der Waals surface area contributed by atoms with Crippen molar-refractivity contribution < 1.29 is 34.0 Å². The van der Waals surface area contributed by atoms with E-state index in [9.17, 15) is 14.8 Å². The summed E-state index contributed by atoms with van der Waals surface area (Å²) in [6.45, 7) is 2.64. The van der Waals surface area contributed by atoms with Gasteiger partial charge in [-0.25, -0.2) is 9.87 Å². The van der Waals surface area contributed by atoms with Crippen LogP contribution in [0.5, 0.6) is 0 Å². The van der Waals surface area contributed by atoms with Gasteiger partial charge >= 0.3 is 7.60 Å². The van der Waals surface area contributed by atoms with Crippen LogP contribution in [0.25, 0.3) is 11.0 Å². The van der Waals surface area contributed by atoms with Crippen molar-refractivity contribution >= 4 is 36.0 Å². The van der Waals surface area contributed by atoms with Gasteiger partial charge in [0.1, 0.15) is 36.4 Å². The smallest absolute Gasteiger partial charge is 0.352 e. The topological polar surface area (TPSA) is 148 Å². The van der Waals surface area contributed by atoms with Gasteiger partial charge in [0.2, 0.25) is 5.28 Å². The van der Waals surface area contributed by atoms with E-state index in [0.717, 1.165) is 18.6 Å². The Bertz CT molecular complexity index is 1170. The molecule has 1 aliphatic heterocycles. The number of hydrogen-bond donors (Lipinski definition) is 4. The molecule has 34 heavy (non-hydrogen) atoms. The Labute approximate surface area is 200 Å². The van der Waals surface area contributed by atoms with Crippen LogP contribution in [0, 0.1) is 0 Å². The van der Waals surface area contributed by atoms with Crippen molar-refractivity contribution in [1.29, 1.82) is 0 Å². The molecular formula is C21H26ClN4O7P. The molecule has 0 spiro atoms. The molecule has 3 heterocycles. The summed E-state index contributed by atoms with van der Waals surface area (Å²) in [4.78, 5) is 22.5. The first kappa shape index (κ1) is 25.0. The predicted molar refractivity (Wildman–Crippen MR) is 124 cm³/mol. The van der Waals surface area contributed by atoms with Gasteiger partial charge in [-0.1, -0.05) is 37.3 Å². The van der Waals surface area contributed by atoms with Gasteiger partial charge in [0.25, 0.3) is 0 Å². The standard InChI is InChI=1S/C21H26ClN4O7P/c1-3-14(12-7-5-4-6-8-12)23-18-13-9-10-26(19(13)25-21(22)24-18)20-17(28)16(27)15(32-20)11-31-33-34(2,29)30/h4-10,14-17,20,27-28H,3,11H2,1-2H3,(H,29,30)(H,23,24,25)/t14?,15-,16-,17-,20-/m1/s1. The second kappa shape index (κ2) is 10.3. The fourth-order valence-electron chi connectivity index (χ4n) is 3.89. The molecule has 4 rings (SSSR count). The minimum Gasteiger partial charge on any atom is -0.387 e. The lowest BCUT2D eigenvalue weighted by molar-refractivity contribution is -0.238. The van der Waals surface area contributed by atoms with Gasteiger partial charge in [0.15, 0.2) is 6.23 Å². The van der Waals surface area contributed by atoms with Gasteiger partial charge in [-0.2, -0.15) is 4.98 Å². The molecule has 3 aromatic rings. The molecule has 1 aromatic carbocycles. The number of fused-ring (bicyclic) bond motifs is 1. The van der Waals surface area contributed by atoms with Crippen molar-refractivity contribution in [2.75, 3.05) is 18.6 Å². The molecule has 11 nitrogen and oxygen atoms in total. The van der Waals surface area contributed by atoms with Crippen LogP contribution in [0.1, 0.15) is 31.2 Å². The van der Waals surface area contributed by atoms with Crippen LogP contribution in [0.3, 0.4) is 0 Å². The number of rotatable bonds is 9. The summed E-state index contributed by atoms with van der Waals surface area (Å²) >= 11 is 6.22. The van der Waals surface area contributed by atoms with E-state index in [1.165, 1.54) is 0 Å². The molecule has 0 aliphatic carbocycles. The average molecular weight is 513 g/mol. The molecule has 184 valence electrons. The monoisotopic (exact) mass is 512 g/mol. The predicted octanol–water partition coefficient (Wildman–Crippen LogP) is 3.03. The average Bonchev–Trinajstić information content (AvgIpc) is 3.33. The highest BCUT2D eigenvalue weighted by molar-refractivity contribution is 7.51. The van der Waals surface area contributed by atoms with E-state index >= 15 is 0 Å². The Kier molecular flexibility index (Phi) is 7.56. The van der Waals surface area contributed by atoms with E-state index in [-0.39, 0.29) is 17.9 Å². The fraction of sp³-hybridized carbons (Fsp3) is 0.429. The molecule has 0 amide bonds. The fourth-order valence-corrected chi connectivity index (χ4v) is 4.31. The number of anilines is 1. The Morgan fingerprint density at radius 1 is 1.24 bits per heavy atom. The number of benzene rings is 1. The summed E-state index contributed by atoms with van der Waals surface area (Å²) in [6.07, 6.45) is -2.24. The van der Waals surface area contributed by atoms with Crippen molar-refractivity contribution in [1.82, 2.24) is 14.5 Å². The first-order valence-electron chi connectivity index (χ1n) is 10.7. The third-order valence-corrected chi connectivity index (χ3v) is 6.05. The summed E-state index contributed by atoms with van der Waals surface area (Å²) < 4.78 is 22.9. The van der Waals surface area contributed by atoms with E-state index in [0.29, 0.717) is 16.9 Å². The molecule has 0 saturated carbocycles. The molecular weight excluding hydrogens is 487 g/mol. The van der Waals surface area contributed by atoms with Gasteiger partial charge in [-0.3, -0.25) is 4.57 Å². The van der Waals surface area contributed by atoms with Gasteiger partial charge in [0, 0.05) is 12.9 Å². The largest absolute Gasteiger partial charge is 0.387 e. The Balaban J connectivity index is 1.59. The molecule has 6 atom stereocenters. The zero-order valence-electron chi connectivity index (χ0n) is 18.5. The van der Waals surface area contributed by atoms with Crippen LogP contribution in [0.4, 0.5) is 5.82 Å². The molecule has 1 fully saturated rings. The zero-order valence-corrected chi connectivity index (χ0v) is 20.1. The van der Waals surface area contributed by atoms with Crippen molar-refractivity contribution in [2.45, 2.75) is 43.9 Å². The quantitative estimate of drug-likeness (QED) is 0.146. The van der Waals surface area contributed by atoms with Crippen molar-refractivity contribution in [3.63, 3.8) is 0 Å². The van der Waals surface area contributed by atoms with Gasteiger partial charge in [-0.15, -0.1) is 4.67 Å². The molecule has 2 aromatic heterocycles. The number of nitrogens with one attached hydrogen (secondary N) is 1. The van der Waals surface area contributed by atoms with Gasteiger partial charge < -0.3 is 29.7 Å². The summed E-state index contributed by atoms with van der Waals surface area (Å²) in [5, 5.41) is 25.1. The maximum atomic E-state index is 11.2. The Morgan fingerprint density at radius 3 is 2.65 bits per heavy atom. The molecule has 0 radical (unpaired) electrons. The van der Waals surface area contributed by atoms with Crippen molar-refractivity contribution in [3.05, 3.63) is 53.4 Å². The summed E-state index contributed by atoms with van der Waals surface area (Å²) in [5.41, 5.74) is 1.49. The Hall–Kier alpha value is -2.08. The zero-order chi connectivity index (χ0) is 24.5. The maximum Gasteiger partial charge on any atom is 0.352 e. The molecule has 1 aliphatic rings. The van der Waals surface area contributed by atoms with Crippen molar-refractivity contribution in [3.8, 4) is 0 Å². The first-order chi connectivity index (χ1) is 16.2. The van der Waals surface area contributed by atoms with Crippen LogP contribution in [0.15, 0.2) is 42.6 Å². The lowest BCUT2D eigenvalue weighted by Gasteiger charge is -2.20. The van der Waals surface area contributed by atoms with E-state index in [1.54, 1.807) is 16.8 Å². The highest BCUT2D eigenvalue weighted by Gasteiger charge is 2.44. The molecule has 2 unspecified atom stereocenters. The first-order valence-corrected chi connectivity index (χ1v) is 13.1. The van der Waals surface area contributed by atoms with Crippen LogP contribution < -0.4 is 5.32 Å². The van der Waals surface area contributed by atoms with Gasteiger partial charge in [0.05, 0.1) is 11.4 Å². The minimum absolute atomic E-state index is 0.000766. The number of aliphatic hydroxyl groups is 2. The normalized spacial score (nSPS) is 25.4. The summed E-state index contributed by atoms with van der Waals surface area (Å²) in [5.74, 6) is 0.521. The van der Waals surface area contributed by atoms with E-state index in [2.05, 4.69) is 26.9 Å². The number of hydrogen-bond acceptors (Lipinski definition) is 9. The van der Waals surface area contributed by atoms with E-state index in [1.807, 2.05) is 30.3 Å². The molecule has 13 heteroatoms. The lowest BCUT2D eigenvalue weighted by Crippen LogP contribution is -2.33. The van der Waals surface area contributed by atoms with Crippen LogP contribution >= 0.6 is 19.2 Å². The minimum atomic E-state index is -3.87. The molecule has 0 bridgehead atoms. The van der Waals surface area contributed by atoms with Crippen LogP contribution in [-0.4, -0.2) is 61.2 Å². The maximum absolute atomic E-state index is 11.2.